The van der Waals surface area contributed by atoms with E-state index in [1.54, 1.807) is 37.3 Å². The summed E-state index contributed by atoms with van der Waals surface area (Å²) in [6, 6.07) is 12.6. The van der Waals surface area contributed by atoms with Gasteiger partial charge in [0.05, 0.1) is 37.3 Å². The Morgan fingerprint density at radius 2 is 1.87 bits per heavy atom. The summed E-state index contributed by atoms with van der Waals surface area (Å²) in [5, 5.41) is 30.7. The maximum absolute atomic E-state index is 13.3. The molecule has 3 aromatic carbocycles. The summed E-state index contributed by atoms with van der Waals surface area (Å²) in [5.74, 6) is -0.240. The fourth-order valence-electron chi connectivity index (χ4n) is 5.35. The number of aliphatic hydroxyl groups is 2. The average Bonchev–Trinajstić information content (AvgIpc) is 3.70. The lowest BCUT2D eigenvalue weighted by Gasteiger charge is -2.15. The summed E-state index contributed by atoms with van der Waals surface area (Å²) in [7, 11) is -3.32. The van der Waals surface area contributed by atoms with Crippen LogP contribution < -0.4 is 19.6 Å². The van der Waals surface area contributed by atoms with E-state index in [2.05, 4.69) is 15.7 Å². The highest BCUT2D eigenvalue weighted by atomic mass is 32.2. The number of hydrogen-bond acceptors (Lipinski definition) is 9. The van der Waals surface area contributed by atoms with Crippen LogP contribution in [0.2, 0.25) is 0 Å². The molecule has 0 aliphatic carbocycles. The first kappa shape index (κ1) is 33.9. The van der Waals surface area contributed by atoms with E-state index in [0.29, 0.717) is 40.6 Å². The van der Waals surface area contributed by atoms with E-state index in [1.165, 1.54) is 17.9 Å². The van der Waals surface area contributed by atoms with Crippen LogP contribution >= 0.6 is 0 Å². The molecular weight excluding hydrogens is 641 g/mol. The second-order valence-electron chi connectivity index (χ2n) is 11.0. The lowest BCUT2D eigenvalue weighted by molar-refractivity contribution is -0.137. The number of aryl methyl sites for hydroxylation is 1. The molecule has 1 aliphatic rings. The first-order chi connectivity index (χ1) is 22.3. The fraction of sp³-hybridized carbons (Fsp3) is 0.312. The predicted molar refractivity (Wildman–Crippen MR) is 165 cm³/mol. The van der Waals surface area contributed by atoms with E-state index in [9.17, 15) is 36.6 Å². The molecule has 0 bridgehead atoms. The number of nitrogens with one attached hydrogen (secondary N) is 2. The smallest absolute Gasteiger partial charge is 0.416 e. The highest BCUT2D eigenvalue weighted by molar-refractivity contribution is 7.87. The topological polar surface area (TPSA) is 152 Å². The first-order valence-electron chi connectivity index (χ1n) is 14.6. The Labute approximate surface area is 269 Å². The van der Waals surface area contributed by atoms with Crippen molar-refractivity contribution in [1.29, 1.82) is 0 Å². The van der Waals surface area contributed by atoms with E-state index < -0.39 is 40.0 Å². The zero-order valence-corrected chi connectivity index (χ0v) is 26.3. The highest BCUT2D eigenvalue weighted by Gasteiger charge is 2.32. The molecule has 15 heteroatoms. The van der Waals surface area contributed by atoms with E-state index in [-0.39, 0.29) is 41.3 Å². The van der Waals surface area contributed by atoms with Crippen molar-refractivity contribution in [2.75, 3.05) is 20.2 Å². The minimum absolute atomic E-state index is 0.0660. The van der Waals surface area contributed by atoms with Crippen LogP contribution in [0.1, 0.15) is 28.7 Å². The molecule has 1 saturated heterocycles. The summed E-state index contributed by atoms with van der Waals surface area (Å²) in [6.07, 6.45) is -4.01. The van der Waals surface area contributed by atoms with Gasteiger partial charge in [0, 0.05) is 29.3 Å². The molecule has 0 unspecified atom stereocenters. The van der Waals surface area contributed by atoms with Crippen molar-refractivity contribution in [1.82, 2.24) is 20.4 Å². The number of aliphatic hydroxyl groups excluding tert-OH is 2. The van der Waals surface area contributed by atoms with Crippen molar-refractivity contribution in [3.8, 4) is 34.0 Å². The molecule has 250 valence electrons. The molecule has 4 N–H and O–H groups in total. The molecule has 1 amide bonds. The van der Waals surface area contributed by atoms with Gasteiger partial charge >= 0.3 is 16.3 Å². The van der Waals surface area contributed by atoms with Crippen molar-refractivity contribution < 1.29 is 45.5 Å². The number of carbonyl (C=O) groups excluding carboxylic acids is 1. The van der Waals surface area contributed by atoms with Gasteiger partial charge in [-0.1, -0.05) is 17.7 Å². The van der Waals surface area contributed by atoms with Crippen LogP contribution in [0, 0.1) is 6.92 Å². The number of ether oxygens (including phenoxy) is 1. The summed E-state index contributed by atoms with van der Waals surface area (Å²) in [4.78, 5) is 12.4. The van der Waals surface area contributed by atoms with Gasteiger partial charge in [-0.2, -0.15) is 26.7 Å². The summed E-state index contributed by atoms with van der Waals surface area (Å²) < 4.78 is 78.7. The van der Waals surface area contributed by atoms with Crippen LogP contribution in [0.15, 0.2) is 65.6 Å². The number of benzene rings is 3. The molecule has 5 rings (SSSR count). The number of amides is 1. The number of methoxy groups -OCH3 is 1. The molecule has 1 atom stereocenters. The summed E-state index contributed by atoms with van der Waals surface area (Å²) in [5.41, 5.74) is 1.57. The number of halogens is 3. The van der Waals surface area contributed by atoms with E-state index in [1.807, 2.05) is 0 Å². The van der Waals surface area contributed by atoms with E-state index >= 15 is 0 Å². The van der Waals surface area contributed by atoms with Crippen LogP contribution in [-0.4, -0.2) is 60.6 Å². The summed E-state index contributed by atoms with van der Waals surface area (Å²) in [6.45, 7) is 2.09. The van der Waals surface area contributed by atoms with Gasteiger partial charge in [0.25, 0.3) is 0 Å². The van der Waals surface area contributed by atoms with E-state index in [4.69, 9.17) is 8.92 Å². The van der Waals surface area contributed by atoms with Crippen LogP contribution in [-0.2, 0) is 40.8 Å². The fourth-order valence-corrected chi connectivity index (χ4v) is 6.35. The molecule has 47 heavy (non-hydrogen) atoms. The molecular formula is C32H33F3N4O7S. The second-order valence-corrected chi connectivity index (χ2v) is 12.6. The summed E-state index contributed by atoms with van der Waals surface area (Å²) >= 11 is 0. The third-order valence-electron chi connectivity index (χ3n) is 7.70. The molecule has 0 radical (unpaired) electrons. The van der Waals surface area contributed by atoms with Gasteiger partial charge < -0.3 is 29.8 Å². The highest BCUT2D eigenvalue weighted by Crippen LogP contribution is 2.38. The molecule has 11 nitrogen and oxygen atoms in total. The third kappa shape index (κ3) is 7.59. The SMILES string of the molecule is COc1cc(-c2cc(-c3cc(C)ccc3OS(=O)(=O)c3cccc(C(F)(F)F)c3)nn2CC(=O)N[C@@H]2CCNC2)cc(CO)c1CO. The third-order valence-corrected chi connectivity index (χ3v) is 8.94. The van der Waals surface area contributed by atoms with Crippen molar-refractivity contribution in [3.63, 3.8) is 0 Å². The minimum Gasteiger partial charge on any atom is -0.496 e. The Balaban J connectivity index is 1.60. The maximum atomic E-state index is 13.3. The molecule has 0 spiro atoms. The molecule has 1 fully saturated rings. The Morgan fingerprint density at radius 3 is 2.53 bits per heavy atom. The zero-order valence-electron chi connectivity index (χ0n) is 25.5. The minimum atomic E-state index is -4.77. The number of nitrogens with zero attached hydrogens (tertiary/aromatic N) is 2. The van der Waals surface area contributed by atoms with Crippen LogP contribution in [0.5, 0.6) is 11.5 Å². The first-order valence-corrected chi connectivity index (χ1v) is 16.0. The monoisotopic (exact) mass is 674 g/mol. The van der Waals surface area contributed by atoms with Crippen molar-refractivity contribution in [2.45, 2.75) is 50.2 Å². The van der Waals surface area contributed by atoms with Gasteiger partial charge in [-0.05, 0) is 74.0 Å². The standard InChI is InChI=1S/C32H33F3N4O7S/c1-19-6-7-29(46-47(43,44)24-5-3-4-22(13-24)32(33,34)35)25(10-19)27-14-28(20-11-21(17-40)26(18-41)30(12-20)45-2)39(38-27)16-31(42)37-23-8-9-36-15-23/h3-7,10-14,23,36,40-41H,8-9,15-18H2,1-2H3,(H,37,42)/t23-/m1/s1. The number of alkyl halides is 3. The molecule has 1 aromatic heterocycles. The predicted octanol–water partition coefficient (Wildman–Crippen LogP) is 3.78. The van der Waals surface area contributed by atoms with Gasteiger partial charge in [0.15, 0.2) is 5.75 Å². The van der Waals surface area contributed by atoms with Crippen molar-refractivity contribution in [3.05, 3.63) is 82.9 Å². The van der Waals surface area contributed by atoms with Gasteiger partial charge in [-0.3, -0.25) is 9.48 Å². The van der Waals surface area contributed by atoms with Gasteiger partial charge in [0.1, 0.15) is 17.2 Å². The number of rotatable bonds is 11. The number of hydrogen-bond donors (Lipinski definition) is 4. The van der Waals surface area contributed by atoms with Crippen LogP contribution in [0.25, 0.3) is 22.5 Å². The second kappa shape index (κ2) is 13.7. The number of aromatic nitrogens is 2. The molecule has 2 heterocycles. The maximum Gasteiger partial charge on any atom is 0.416 e. The number of carbonyl (C=O) groups is 1. The average molecular weight is 675 g/mol. The van der Waals surface area contributed by atoms with E-state index in [0.717, 1.165) is 31.2 Å². The Bertz CT molecular complexity index is 1860. The van der Waals surface area contributed by atoms with Crippen molar-refractivity contribution in [2.24, 2.45) is 0 Å². The van der Waals surface area contributed by atoms with Gasteiger partial charge in [-0.25, -0.2) is 0 Å². The quantitative estimate of drug-likeness (QED) is 0.174. The van der Waals surface area contributed by atoms with Crippen LogP contribution in [0.3, 0.4) is 0 Å². The molecule has 4 aromatic rings. The Kier molecular flexibility index (Phi) is 9.91. The molecule has 0 saturated carbocycles. The lowest BCUT2D eigenvalue weighted by atomic mass is 10.0. The largest absolute Gasteiger partial charge is 0.496 e. The van der Waals surface area contributed by atoms with Gasteiger partial charge in [0.2, 0.25) is 5.91 Å². The van der Waals surface area contributed by atoms with Crippen molar-refractivity contribution >= 4 is 16.0 Å². The Hall–Kier alpha value is -4.44. The molecule has 1 aliphatic heterocycles. The zero-order chi connectivity index (χ0) is 33.9. The Morgan fingerprint density at radius 1 is 1.09 bits per heavy atom. The van der Waals surface area contributed by atoms with Crippen LogP contribution in [0.4, 0.5) is 13.2 Å². The normalized spacial score (nSPS) is 15.1. The van der Waals surface area contributed by atoms with Gasteiger partial charge in [-0.15, -0.1) is 0 Å². The lowest BCUT2D eigenvalue weighted by Crippen LogP contribution is -2.38.